The highest BCUT2D eigenvalue weighted by atomic mass is 19.1. The van der Waals surface area contributed by atoms with Gasteiger partial charge in [-0.1, -0.05) is 0 Å². The normalized spacial score (nSPS) is 10.6. The molecule has 1 heterocycles. The van der Waals surface area contributed by atoms with Crippen LogP contribution in [0.3, 0.4) is 0 Å². The minimum absolute atomic E-state index is 0.0223. The fourth-order valence-corrected chi connectivity index (χ4v) is 3.07. The molecule has 1 N–H and O–H groups in total. The van der Waals surface area contributed by atoms with E-state index < -0.39 is 16.6 Å². The summed E-state index contributed by atoms with van der Waals surface area (Å²) >= 11 is 0. The summed E-state index contributed by atoms with van der Waals surface area (Å²) < 4.78 is 26.4. The number of carbonyl (C=O) groups excluding carboxylic acids is 1. The van der Waals surface area contributed by atoms with E-state index in [1.54, 1.807) is 31.2 Å². The Hall–Kier alpha value is -4.87. The summed E-state index contributed by atoms with van der Waals surface area (Å²) in [7, 11) is 1.52. The lowest BCUT2D eigenvalue weighted by atomic mass is 10.1. The van der Waals surface area contributed by atoms with Gasteiger partial charge in [-0.15, -0.1) is 5.10 Å². The largest absolute Gasteiger partial charge is 0.497 e. The number of hydrogen-bond donors (Lipinski definition) is 1. The SMILES string of the molecule is COc1ccc(Oc2ccc([N+](=O)[O-])cc2C(=O)Nc2ccc(F)c(-n3nnnc3C)c2)cc1. The number of nitrogens with zero attached hydrogens (tertiary/aromatic N) is 5. The molecule has 4 rings (SSSR count). The van der Waals surface area contributed by atoms with Crippen molar-refractivity contribution in [1.82, 2.24) is 20.2 Å². The minimum atomic E-state index is -0.696. The average molecular weight is 464 g/mol. The van der Waals surface area contributed by atoms with Gasteiger partial charge in [-0.25, -0.2) is 4.39 Å². The summed E-state index contributed by atoms with van der Waals surface area (Å²) in [6.07, 6.45) is 0. The third-order valence-corrected chi connectivity index (χ3v) is 4.76. The van der Waals surface area contributed by atoms with Crippen LogP contribution in [-0.2, 0) is 0 Å². The van der Waals surface area contributed by atoms with Crippen molar-refractivity contribution in [3.05, 3.63) is 88.0 Å². The van der Waals surface area contributed by atoms with Crippen LogP contribution in [-0.4, -0.2) is 38.1 Å². The number of benzene rings is 3. The Morgan fingerprint density at radius 1 is 1.09 bits per heavy atom. The molecule has 0 radical (unpaired) electrons. The number of nitro groups is 1. The fraction of sp³-hybridized carbons (Fsp3) is 0.0909. The molecule has 0 spiro atoms. The smallest absolute Gasteiger partial charge is 0.270 e. The van der Waals surface area contributed by atoms with Gasteiger partial charge in [0.2, 0.25) is 0 Å². The van der Waals surface area contributed by atoms with Crippen LogP contribution in [0.2, 0.25) is 0 Å². The van der Waals surface area contributed by atoms with Crippen molar-refractivity contribution < 1.29 is 23.6 Å². The van der Waals surface area contributed by atoms with Gasteiger partial charge in [0.05, 0.1) is 17.6 Å². The summed E-state index contributed by atoms with van der Waals surface area (Å²) in [4.78, 5) is 23.7. The molecule has 12 heteroatoms. The molecule has 0 bridgehead atoms. The standard InChI is InChI=1S/C22H17FN6O5/c1-13-25-26-27-28(13)20-11-14(3-9-19(20)23)24-22(30)18-12-15(29(31)32)4-10-21(18)34-17-7-5-16(33-2)6-8-17/h3-12H,1-2H3,(H,24,30). The number of amides is 1. The second kappa shape index (κ2) is 9.32. The van der Waals surface area contributed by atoms with Crippen molar-refractivity contribution in [2.75, 3.05) is 12.4 Å². The van der Waals surface area contributed by atoms with Crippen molar-refractivity contribution in [3.63, 3.8) is 0 Å². The molecule has 34 heavy (non-hydrogen) atoms. The first kappa shape index (κ1) is 22.3. The number of tetrazole rings is 1. The topological polar surface area (TPSA) is 134 Å². The number of methoxy groups -OCH3 is 1. The zero-order valence-corrected chi connectivity index (χ0v) is 17.9. The van der Waals surface area contributed by atoms with Crippen LogP contribution in [0.25, 0.3) is 5.69 Å². The molecular formula is C22H17FN6O5. The number of halogens is 1. The molecule has 0 atom stereocenters. The van der Waals surface area contributed by atoms with E-state index in [1.165, 1.54) is 36.1 Å². The fourth-order valence-electron chi connectivity index (χ4n) is 3.07. The second-order valence-corrected chi connectivity index (χ2v) is 6.97. The summed E-state index contributed by atoms with van der Waals surface area (Å²) in [6, 6.07) is 14.1. The Morgan fingerprint density at radius 3 is 2.47 bits per heavy atom. The number of non-ortho nitro benzene ring substituents is 1. The van der Waals surface area contributed by atoms with Gasteiger partial charge >= 0.3 is 0 Å². The van der Waals surface area contributed by atoms with Gasteiger partial charge in [-0.3, -0.25) is 14.9 Å². The first-order chi connectivity index (χ1) is 16.4. The lowest BCUT2D eigenvalue weighted by molar-refractivity contribution is -0.384. The maximum absolute atomic E-state index is 14.3. The van der Waals surface area contributed by atoms with Crippen LogP contribution < -0.4 is 14.8 Å². The van der Waals surface area contributed by atoms with Crippen LogP contribution in [0.4, 0.5) is 15.8 Å². The van der Waals surface area contributed by atoms with Gasteiger partial charge in [-0.2, -0.15) is 4.68 Å². The average Bonchev–Trinajstić information content (AvgIpc) is 3.26. The predicted octanol–water partition coefficient (Wildman–Crippen LogP) is 4.07. The van der Waals surface area contributed by atoms with Crippen molar-refractivity contribution in [1.29, 1.82) is 0 Å². The van der Waals surface area contributed by atoms with Crippen LogP contribution in [0.5, 0.6) is 17.2 Å². The molecular weight excluding hydrogens is 447 g/mol. The van der Waals surface area contributed by atoms with E-state index in [4.69, 9.17) is 9.47 Å². The third-order valence-electron chi connectivity index (χ3n) is 4.76. The summed E-state index contributed by atoms with van der Waals surface area (Å²) in [6.45, 7) is 1.59. The maximum Gasteiger partial charge on any atom is 0.270 e. The minimum Gasteiger partial charge on any atom is -0.497 e. The second-order valence-electron chi connectivity index (χ2n) is 6.97. The number of nitro benzene ring substituents is 1. The highest BCUT2D eigenvalue weighted by molar-refractivity contribution is 6.06. The molecule has 1 aromatic heterocycles. The first-order valence-corrected chi connectivity index (χ1v) is 9.82. The van der Waals surface area contributed by atoms with Crippen LogP contribution in [0.15, 0.2) is 60.7 Å². The molecule has 172 valence electrons. The molecule has 4 aromatic rings. The van der Waals surface area contributed by atoms with E-state index in [-0.39, 0.29) is 28.4 Å². The molecule has 3 aromatic carbocycles. The van der Waals surface area contributed by atoms with Crippen molar-refractivity contribution >= 4 is 17.3 Å². The Balaban J connectivity index is 1.66. The van der Waals surface area contributed by atoms with Gasteiger partial charge in [0.25, 0.3) is 11.6 Å². The van der Waals surface area contributed by atoms with Crippen molar-refractivity contribution in [2.45, 2.75) is 6.92 Å². The number of nitrogens with one attached hydrogen (secondary N) is 1. The third kappa shape index (κ3) is 4.65. The molecule has 0 aliphatic heterocycles. The van der Waals surface area contributed by atoms with E-state index >= 15 is 0 Å². The number of anilines is 1. The number of aryl methyl sites for hydroxylation is 1. The van der Waals surface area contributed by atoms with Crippen molar-refractivity contribution in [3.8, 4) is 22.9 Å². The molecule has 0 saturated carbocycles. The highest BCUT2D eigenvalue weighted by Crippen LogP contribution is 2.31. The molecule has 0 aliphatic carbocycles. The summed E-state index contributed by atoms with van der Waals surface area (Å²) in [5.41, 5.74) is -0.141. The van der Waals surface area contributed by atoms with E-state index in [0.29, 0.717) is 17.3 Å². The molecule has 1 amide bonds. The number of rotatable bonds is 7. The van der Waals surface area contributed by atoms with Gasteiger partial charge < -0.3 is 14.8 Å². The number of ether oxygens (including phenoxy) is 2. The van der Waals surface area contributed by atoms with Crippen LogP contribution >= 0.6 is 0 Å². The zero-order chi connectivity index (χ0) is 24.2. The first-order valence-electron chi connectivity index (χ1n) is 9.82. The quantitative estimate of drug-likeness (QED) is 0.319. The van der Waals surface area contributed by atoms with E-state index in [0.717, 1.165) is 12.1 Å². The van der Waals surface area contributed by atoms with Gasteiger partial charge in [0, 0.05) is 17.8 Å². The summed E-state index contributed by atoms with van der Waals surface area (Å²) in [5.74, 6) is 0.134. The van der Waals surface area contributed by atoms with Gasteiger partial charge in [-0.05, 0) is 65.9 Å². The monoisotopic (exact) mass is 464 g/mol. The van der Waals surface area contributed by atoms with E-state index in [1.807, 2.05) is 0 Å². The Kier molecular flexibility index (Phi) is 6.12. The number of carbonyl (C=O) groups is 1. The van der Waals surface area contributed by atoms with Gasteiger partial charge in [0.1, 0.15) is 28.8 Å². The van der Waals surface area contributed by atoms with E-state index in [2.05, 4.69) is 20.8 Å². The Morgan fingerprint density at radius 2 is 1.82 bits per heavy atom. The van der Waals surface area contributed by atoms with Crippen LogP contribution in [0, 0.1) is 22.9 Å². The molecule has 0 fully saturated rings. The summed E-state index contributed by atoms with van der Waals surface area (Å²) in [5, 5.41) is 24.8. The predicted molar refractivity (Wildman–Crippen MR) is 118 cm³/mol. The van der Waals surface area contributed by atoms with Gasteiger partial charge in [0.15, 0.2) is 5.82 Å². The van der Waals surface area contributed by atoms with Crippen LogP contribution in [0.1, 0.15) is 16.2 Å². The molecule has 0 aliphatic rings. The maximum atomic E-state index is 14.3. The highest BCUT2D eigenvalue weighted by Gasteiger charge is 2.20. The lowest BCUT2D eigenvalue weighted by Gasteiger charge is -2.13. The van der Waals surface area contributed by atoms with Crippen molar-refractivity contribution in [2.24, 2.45) is 0 Å². The Bertz CT molecular complexity index is 1370. The van der Waals surface area contributed by atoms with E-state index in [9.17, 15) is 19.3 Å². The molecule has 0 saturated heterocycles. The molecule has 0 unspecified atom stereocenters. The molecule has 11 nitrogen and oxygen atoms in total. The number of hydrogen-bond acceptors (Lipinski definition) is 8. The lowest BCUT2D eigenvalue weighted by Crippen LogP contribution is -2.14. The number of aromatic nitrogens is 4. The zero-order valence-electron chi connectivity index (χ0n) is 17.9. The Labute approximate surface area is 191 Å².